The van der Waals surface area contributed by atoms with E-state index in [1.165, 1.54) is 11.1 Å². The van der Waals surface area contributed by atoms with Crippen molar-refractivity contribution in [2.24, 2.45) is 0 Å². The highest BCUT2D eigenvalue weighted by Gasteiger charge is 2.01. The Bertz CT molecular complexity index is 481. The Morgan fingerprint density at radius 3 is 2.39 bits per heavy atom. The van der Waals surface area contributed by atoms with Crippen LogP contribution in [0.2, 0.25) is 0 Å². The van der Waals surface area contributed by atoms with Gasteiger partial charge in [0.15, 0.2) is 0 Å². The van der Waals surface area contributed by atoms with Gasteiger partial charge < -0.3 is 10.0 Å². The topological polar surface area (TPSA) is 23.5 Å². The van der Waals surface area contributed by atoms with E-state index in [1.54, 1.807) is 6.07 Å². The molecular weight excluding hydrogens is 222 g/mol. The minimum Gasteiger partial charge on any atom is -0.508 e. The first-order valence-corrected chi connectivity index (χ1v) is 6.24. The Balaban J connectivity index is 1.83. The van der Waals surface area contributed by atoms with Crippen LogP contribution in [0.1, 0.15) is 11.1 Å². The van der Waals surface area contributed by atoms with E-state index in [-0.39, 0.29) is 0 Å². The van der Waals surface area contributed by atoms with Gasteiger partial charge >= 0.3 is 0 Å². The van der Waals surface area contributed by atoms with Crippen molar-refractivity contribution in [2.75, 3.05) is 13.6 Å². The van der Waals surface area contributed by atoms with Crippen molar-refractivity contribution in [1.29, 1.82) is 0 Å². The fourth-order valence-electron chi connectivity index (χ4n) is 2.01. The highest BCUT2D eigenvalue weighted by atomic mass is 16.3. The number of phenols is 1. The van der Waals surface area contributed by atoms with Crippen LogP contribution in [0, 0.1) is 0 Å². The summed E-state index contributed by atoms with van der Waals surface area (Å²) < 4.78 is 0. The zero-order valence-electron chi connectivity index (χ0n) is 10.7. The summed E-state index contributed by atoms with van der Waals surface area (Å²) in [4.78, 5) is 2.29. The normalized spacial score (nSPS) is 10.8. The Hall–Kier alpha value is -1.80. The lowest BCUT2D eigenvalue weighted by Gasteiger charge is -2.16. The van der Waals surface area contributed by atoms with Gasteiger partial charge in [0.05, 0.1) is 0 Å². The monoisotopic (exact) mass is 241 g/mol. The van der Waals surface area contributed by atoms with Gasteiger partial charge in [-0.3, -0.25) is 0 Å². The standard InChI is InChI=1S/C16H19NO/c1-17(13-15-6-3-2-4-7-15)11-10-14-8-5-9-16(18)12-14/h2-9,12,18H,10-11,13H2,1H3. The van der Waals surface area contributed by atoms with Crippen LogP contribution < -0.4 is 0 Å². The van der Waals surface area contributed by atoms with Crippen LogP contribution in [-0.2, 0) is 13.0 Å². The van der Waals surface area contributed by atoms with E-state index in [9.17, 15) is 5.11 Å². The van der Waals surface area contributed by atoms with E-state index in [4.69, 9.17) is 0 Å². The van der Waals surface area contributed by atoms with Crippen LogP contribution in [0.4, 0.5) is 0 Å². The molecule has 0 radical (unpaired) electrons. The van der Waals surface area contributed by atoms with E-state index < -0.39 is 0 Å². The molecule has 2 aromatic rings. The third-order valence-corrected chi connectivity index (χ3v) is 2.99. The van der Waals surface area contributed by atoms with E-state index >= 15 is 0 Å². The lowest BCUT2D eigenvalue weighted by molar-refractivity contribution is 0.331. The highest BCUT2D eigenvalue weighted by molar-refractivity contribution is 5.27. The molecule has 0 aliphatic heterocycles. The summed E-state index contributed by atoms with van der Waals surface area (Å²) >= 11 is 0. The second kappa shape index (κ2) is 6.22. The van der Waals surface area contributed by atoms with Crippen molar-refractivity contribution in [3.05, 3.63) is 65.7 Å². The fourth-order valence-corrected chi connectivity index (χ4v) is 2.01. The first-order valence-electron chi connectivity index (χ1n) is 6.24. The SMILES string of the molecule is CN(CCc1cccc(O)c1)Cc1ccccc1. The van der Waals surface area contributed by atoms with Gasteiger partial charge in [0.2, 0.25) is 0 Å². The van der Waals surface area contributed by atoms with Gasteiger partial charge in [0, 0.05) is 13.1 Å². The molecule has 0 aromatic heterocycles. The molecule has 0 spiro atoms. The number of rotatable bonds is 5. The molecule has 0 aliphatic rings. The van der Waals surface area contributed by atoms with Gasteiger partial charge in [-0.05, 0) is 36.7 Å². The molecular formula is C16H19NO. The zero-order valence-corrected chi connectivity index (χ0v) is 10.7. The van der Waals surface area contributed by atoms with Crippen LogP contribution in [0.3, 0.4) is 0 Å². The number of likely N-dealkylation sites (N-methyl/N-ethyl adjacent to an activating group) is 1. The van der Waals surface area contributed by atoms with Crippen LogP contribution in [0.5, 0.6) is 5.75 Å². The molecule has 0 atom stereocenters. The molecule has 2 rings (SSSR count). The number of nitrogens with zero attached hydrogens (tertiary/aromatic N) is 1. The van der Waals surface area contributed by atoms with E-state index in [0.29, 0.717) is 5.75 Å². The Morgan fingerprint density at radius 2 is 1.67 bits per heavy atom. The van der Waals surface area contributed by atoms with Gasteiger partial charge in [0.1, 0.15) is 5.75 Å². The largest absolute Gasteiger partial charge is 0.508 e. The molecule has 0 unspecified atom stereocenters. The average molecular weight is 241 g/mol. The first kappa shape index (κ1) is 12.7. The number of phenolic OH excluding ortho intramolecular Hbond substituents is 1. The van der Waals surface area contributed by atoms with E-state index in [2.05, 4.69) is 42.3 Å². The summed E-state index contributed by atoms with van der Waals surface area (Å²) in [5.41, 5.74) is 2.51. The predicted octanol–water partition coefficient (Wildman–Crippen LogP) is 3.07. The predicted molar refractivity (Wildman–Crippen MR) is 74.6 cm³/mol. The molecule has 1 N–H and O–H groups in total. The van der Waals surface area contributed by atoms with Crippen molar-refractivity contribution >= 4 is 0 Å². The Labute approximate surface area is 109 Å². The molecule has 0 amide bonds. The fraction of sp³-hybridized carbons (Fsp3) is 0.250. The highest BCUT2D eigenvalue weighted by Crippen LogP contribution is 2.12. The molecule has 18 heavy (non-hydrogen) atoms. The van der Waals surface area contributed by atoms with Gasteiger partial charge in [-0.15, -0.1) is 0 Å². The van der Waals surface area contributed by atoms with Gasteiger partial charge in [-0.25, -0.2) is 0 Å². The van der Waals surface area contributed by atoms with E-state index in [0.717, 1.165) is 19.5 Å². The van der Waals surface area contributed by atoms with Crippen LogP contribution in [0.25, 0.3) is 0 Å². The Kier molecular flexibility index (Phi) is 4.37. The first-order chi connectivity index (χ1) is 8.74. The van der Waals surface area contributed by atoms with Gasteiger partial charge in [-0.1, -0.05) is 42.5 Å². The summed E-state index contributed by atoms with van der Waals surface area (Å²) in [6, 6.07) is 17.9. The van der Waals surface area contributed by atoms with Crippen LogP contribution >= 0.6 is 0 Å². The maximum atomic E-state index is 9.40. The van der Waals surface area contributed by atoms with Gasteiger partial charge in [0.25, 0.3) is 0 Å². The summed E-state index contributed by atoms with van der Waals surface area (Å²) in [6.07, 6.45) is 0.956. The maximum Gasteiger partial charge on any atom is 0.115 e. The number of hydrogen-bond acceptors (Lipinski definition) is 2. The number of benzene rings is 2. The number of hydrogen-bond donors (Lipinski definition) is 1. The summed E-state index contributed by atoms with van der Waals surface area (Å²) in [5.74, 6) is 0.346. The maximum absolute atomic E-state index is 9.40. The lowest BCUT2D eigenvalue weighted by atomic mass is 10.1. The quantitative estimate of drug-likeness (QED) is 0.869. The molecule has 0 saturated carbocycles. The van der Waals surface area contributed by atoms with Crippen molar-refractivity contribution in [1.82, 2.24) is 4.90 Å². The molecule has 0 fully saturated rings. The molecule has 2 aromatic carbocycles. The zero-order chi connectivity index (χ0) is 12.8. The third-order valence-electron chi connectivity index (χ3n) is 2.99. The van der Waals surface area contributed by atoms with E-state index in [1.807, 2.05) is 18.2 Å². The van der Waals surface area contributed by atoms with Crippen LogP contribution in [-0.4, -0.2) is 23.6 Å². The van der Waals surface area contributed by atoms with Gasteiger partial charge in [-0.2, -0.15) is 0 Å². The minimum absolute atomic E-state index is 0.346. The van der Waals surface area contributed by atoms with Crippen molar-refractivity contribution in [3.63, 3.8) is 0 Å². The molecule has 2 nitrogen and oxygen atoms in total. The summed E-state index contributed by atoms with van der Waals surface area (Å²) in [5, 5.41) is 9.40. The van der Waals surface area contributed by atoms with Crippen molar-refractivity contribution in [2.45, 2.75) is 13.0 Å². The summed E-state index contributed by atoms with van der Waals surface area (Å²) in [7, 11) is 2.12. The molecule has 0 saturated heterocycles. The molecule has 0 aliphatic carbocycles. The third kappa shape index (κ3) is 3.90. The molecule has 0 bridgehead atoms. The van der Waals surface area contributed by atoms with Crippen molar-refractivity contribution < 1.29 is 5.11 Å². The van der Waals surface area contributed by atoms with Crippen LogP contribution in [0.15, 0.2) is 54.6 Å². The minimum atomic E-state index is 0.346. The summed E-state index contributed by atoms with van der Waals surface area (Å²) in [6.45, 7) is 1.94. The smallest absolute Gasteiger partial charge is 0.115 e. The second-order valence-electron chi connectivity index (χ2n) is 4.64. The molecule has 94 valence electrons. The molecule has 0 heterocycles. The lowest BCUT2D eigenvalue weighted by Crippen LogP contribution is -2.20. The Morgan fingerprint density at radius 1 is 0.944 bits per heavy atom. The average Bonchev–Trinajstić information content (AvgIpc) is 2.38. The number of aromatic hydroxyl groups is 1. The van der Waals surface area contributed by atoms with Crippen molar-refractivity contribution in [3.8, 4) is 5.75 Å². The second-order valence-corrected chi connectivity index (χ2v) is 4.64. The molecule has 2 heteroatoms.